The number of Topliss-reactive ketones (excluding diaryl/α,β-unsaturated/α-hetero) is 1. The third-order valence-electron chi connectivity index (χ3n) is 7.98. The van der Waals surface area contributed by atoms with Crippen molar-refractivity contribution in [1.82, 2.24) is 9.80 Å². The second kappa shape index (κ2) is 15.1. The number of benzene rings is 3. The summed E-state index contributed by atoms with van der Waals surface area (Å²) in [4.78, 5) is 18.1. The molecule has 6 heteroatoms. The Balaban J connectivity index is 0.00000200. The number of rotatable bonds is 8. The van der Waals surface area contributed by atoms with E-state index in [4.69, 9.17) is 11.6 Å². The van der Waals surface area contributed by atoms with Crippen molar-refractivity contribution in [2.45, 2.75) is 51.6 Å². The number of carbonyl (C=O) groups excluding carboxylic acids is 1. The fourth-order valence-electron chi connectivity index (χ4n) is 5.71. The zero-order valence-electron chi connectivity index (χ0n) is 22.0. The largest absolute Gasteiger partial charge is 0.299 e. The summed E-state index contributed by atoms with van der Waals surface area (Å²) in [5, 5.41) is 0.793. The van der Waals surface area contributed by atoms with Gasteiger partial charge < -0.3 is 0 Å². The van der Waals surface area contributed by atoms with Crippen molar-refractivity contribution in [3.8, 4) is 0 Å². The second-order valence-electron chi connectivity index (χ2n) is 10.6. The van der Waals surface area contributed by atoms with Crippen molar-refractivity contribution in [2.75, 3.05) is 26.2 Å². The molecule has 0 saturated carbocycles. The Kier molecular flexibility index (Phi) is 12.1. The van der Waals surface area contributed by atoms with Crippen LogP contribution in [0.1, 0.15) is 58.3 Å². The third kappa shape index (κ3) is 8.56. The van der Waals surface area contributed by atoms with Crippen molar-refractivity contribution in [3.63, 3.8) is 0 Å². The summed E-state index contributed by atoms with van der Waals surface area (Å²) in [6, 6.07) is 25.4. The van der Waals surface area contributed by atoms with E-state index in [0.717, 1.165) is 69.1 Å². The highest BCUT2D eigenvalue weighted by molar-refractivity contribution is 6.30. The maximum Gasteiger partial charge on any atom is 0.162 e. The van der Waals surface area contributed by atoms with Crippen molar-refractivity contribution >= 4 is 42.2 Å². The molecule has 3 nitrogen and oxygen atoms in total. The zero-order valence-corrected chi connectivity index (χ0v) is 24.4. The lowest BCUT2D eigenvalue weighted by molar-refractivity contribution is 0.0961. The van der Waals surface area contributed by atoms with Crippen molar-refractivity contribution in [1.29, 1.82) is 0 Å². The molecule has 0 atom stereocenters. The number of fused-ring (bicyclic) bond motifs is 1. The van der Waals surface area contributed by atoms with Gasteiger partial charge in [0.15, 0.2) is 5.78 Å². The first-order valence-electron chi connectivity index (χ1n) is 13.5. The summed E-state index contributed by atoms with van der Waals surface area (Å²) in [6.45, 7) is 6.33. The van der Waals surface area contributed by atoms with E-state index in [1.165, 1.54) is 35.1 Å². The standard InChI is InChI=1S/C32H37ClN2O.2ClH/c33-31-11-6-27(7-12-31)24-34-18-14-25(15-19-34)8-13-32(36)30-10-9-28-16-20-35(21-17-29(28)22-30)23-26-4-2-1-3-5-26;;/h1-7,9-12,22,25H,8,13-21,23-24H2;2*1H. The van der Waals surface area contributed by atoms with Crippen LogP contribution in [-0.4, -0.2) is 41.8 Å². The number of hydrogen-bond donors (Lipinski definition) is 0. The molecule has 0 bridgehead atoms. The van der Waals surface area contributed by atoms with E-state index >= 15 is 0 Å². The van der Waals surface area contributed by atoms with Gasteiger partial charge in [0.2, 0.25) is 0 Å². The van der Waals surface area contributed by atoms with Gasteiger partial charge in [-0.25, -0.2) is 0 Å². The topological polar surface area (TPSA) is 23.6 Å². The highest BCUT2D eigenvalue weighted by Gasteiger charge is 2.21. The molecular formula is C32H39Cl3N2O. The number of nitrogens with zero attached hydrogens (tertiary/aromatic N) is 2. The number of halogens is 3. The zero-order chi connectivity index (χ0) is 24.7. The van der Waals surface area contributed by atoms with Crippen LogP contribution >= 0.6 is 36.4 Å². The van der Waals surface area contributed by atoms with Crippen LogP contribution in [0.4, 0.5) is 0 Å². The van der Waals surface area contributed by atoms with E-state index in [1.807, 2.05) is 12.1 Å². The molecule has 2 aliphatic rings. The number of piperidine rings is 1. The van der Waals surface area contributed by atoms with Gasteiger partial charge in [-0.1, -0.05) is 66.2 Å². The number of likely N-dealkylation sites (tertiary alicyclic amines) is 1. The Morgan fingerprint density at radius 2 is 1.34 bits per heavy atom. The van der Waals surface area contributed by atoms with Gasteiger partial charge in [0.05, 0.1) is 0 Å². The van der Waals surface area contributed by atoms with Crippen molar-refractivity contribution in [2.24, 2.45) is 5.92 Å². The average molecular weight is 574 g/mol. The van der Waals surface area contributed by atoms with Crippen molar-refractivity contribution in [3.05, 3.63) is 106 Å². The minimum absolute atomic E-state index is 0. The summed E-state index contributed by atoms with van der Waals surface area (Å²) in [5.41, 5.74) is 6.38. The highest BCUT2D eigenvalue weighted by Crippen LogP contribution is 2.25. The molecule has 2 aliphatic heterocycles. The minimum atomic E-state index is 0. The van der Waals surface area contributed by atoms with Gasteiger partial charge in [0, 0.05) is 43.2 Å². The lowest BCUT2D eigenvalue weighted by atomic mass is 9.89. The van der Waals surface area contributed by atoms with Crippen LogP contribution in [-0.2, 0) is 25.9 Å². The molecule has 38 heavy (non-hydrogen) atoms. The van der Waals surface area contributed by atoms with Gasteiger partial charge in [-0.15, -0.1) is 24.8 Å². The molecule has 5 rings (SSSR count). The summed E-state index contributed by atoms with van der Waals surface area (Å²) in [7, 11) is 0. The first kappa shape index (κ1) is 30.7. The summed E-state index contributed by atoms with van der Waals surface area (Å²) in [6.07, 6.45) is 6.13. The molecule has 1 saturated heterocycles. The molecule has 0 spiro atoms. The lowest BCUT2D eigenvalue weighted by Crippen LogP contribution is -2.33. The Labute approximate surface area is 245 Å². The van der Waals surface area contributed by atoms with Gasteiger partial charge in [0.1, 0.15) is 0 Å². The number of hydrogen-bond acceptors (Lipinski definition) is 3. The normalized spacial score (nSPS) is 16.6. The first-order valence-corrected chi connectivity index (χ1v) is 13.9. The quantitative estimate of drug-likeness (QED) is 0.259. The van der Waals surface area contributed by atoms with Crippen LogP contribution in [0.25, 0.3) is 0 Å². The molecule has 0 aliphatic carbocycles. The van der Waals surface area contributed by atoms with E-state index in [-0.39, 0.29) is 24.8 Å². The van der Waals surface area contributed by atoms with Crippen LogP contribution in [0.15, 0.2) is 72.8 Å². The molecule has 204 valence electrons. The predicted molar refractivity (Wildman–Crippen MR) is 163 cm³/mol. The van der Waals surface area contributed by atoms with Crippen LogP contribution < -0.4 is 0 Å². The molecule has 1 fully saturated rings. The Morgan fingerprint density at radius 3 is 2.03 bits per heavy atom. The Morgan fingerprint density at radius 1 is 0.737 bits per heavy atom. The maximum atomic E-state index is 13.1. The molecule has 0 N–H and O–H groups in total. The van der Waals surface area contributed by atoms with Crippen LogP contribution in [0.5, 0.6) is 0 Å². The number of ketones is 1. The van der Waals surface area contributed by atoms with Crippen LogP contribution in [0.2, 0.25) is 5.02 Å². The average Bonchev–Trinajstić information content (AvgIpc) is 3.12. The Hall–Kier alpha value is -1.88. The molecule has 0 aromatic heterocycles. The molecule has 0 amide bonds. The van der Waals surface area contributed by atoms with Crippen LogP contribution in [0.3, 0.4) is 0 Å². The summed E-state index contributed by atoms with van der Waals surface area (Å²) in [5.74, 6) is 0.967. The molecular weight excluding hydrogens is 535 g/mol. The van der Waals surface area contributed by atoms with Gasteiger partial charge >= 0.3 is 0 Å². The molecule has 3 aromatic rings. The van der Waals surface area contributed by atoms with Gasteiger partial charge in [0.25, 0.3) is 0 Å². The fourth-order valence-corrected chi connectivity index (χ4v) is 5.83. The third-order valence-corrected chi connectivity index (χ3v) is 8.23. The lowest BCUT2D eigenvalue weighted by Gasteiger charge is -2.32. The smallest absolute Gasteiger partial charge is 0.162 e. The molecule has 3 aromatic carbocycles. The molecule has 0 unspecified atom stereocenters. The maximum absolute atomic E-state index is 13.1. The van der Waals surface area contributed by atoms with E-state index in [1.54, 1.807) is 0 Å². The van der Waals surface area contributed by atoms with E-state index in [2.05, 4.69) is 70.5 Å². The van der Waals surface area contributed by atoms with Gasteiger partial charge in [-0.2, -0.15) is 0 Å². The van der Waals surface area contributed by atoms with E-state index in [0.29, 0.717) is 18.1 Å². The predicted octanol–water partition coefficient (Wildman–Crippen LogP) is 7.66. The Bertz CT molecular complexity index is 1150. The highest BCUT2D eigenvalue weighted by atomic mass is 35.5. The fraction of sp³-hybridized carbons (Fsp3) is 0.406. The summed E-state index contributed by atoms with van der Waals surface area (Å²) >= 11 is 6.01. The van der Waals surface area contributed by atoms with Crippen molar-refractivity contribution < 1.29 is 4.79 Å². The molecule has 0 radical (unpaired) electrons. The molecule has 2 heterocycles. The second-order valence-corrected chi connectivity index (χ2v) is 11.0. The SMILES string of the molecule is Cl.Cl.O=C(CCC1CCN(Cc2ccc(Cl)cc2)CC1)c1ccc2c(c1)CCN(Cc1ccccc1)CC2. The first-order chi connectivity index (χ1) is 17.6. The number of carbonyl (C=O) groups is 1. The summed E-state index contributed by atoms with van der Waals surface area (Å²) < 4.78 is 0. The van der Waals surface area contributed by atoms with Gasteiger partial charge in [-0.05, 0) is 91.6 Å². The monoisotopic (exact) mass is 572 g/mol. The van der Waals surface area contributed by atoms with Gasteiger partial charge in [-0.3, -0.25) is 14.6 Å². The van der Waals surface area contributed by atoms with E-state index < -0.39 is 0 Å². The minimum Gasteiger partial charge on any atom is -0.299 e. The van der Waals surface area contributed by atoms with Crippen LogP contribution in [0, 0.1) is 5.92 Å². The van der Waals surface area contributed by atoms with E-state index in [9.17, 15) is 4.79 Å².